The van der Waals surface area contributed by atoms with Gasteiger partial charge in [-0.15, -0.1) is 0 Å². The van der Waals surface area contributed by atoms with Gasteiger partial charge >= 0.3 is 0 Å². The van der Waals surface area contributed by atoms with Gasteiger partial charge in [0.2, 0.25) is 0 Å². The number of unbranched alkanes of at least 4 members (excludes halogenated alkanes) is 1. The lowest BCUT2D eigenvalue weighted by atomic mass is 10.0. The van der Waals surface area contributed by atoms with Crippen LogP contribution in [0.25, 0.3) is 5.69 Å². The third-order valence-electron chi connectivity index (χ3n) is 5.16. The van der Waals surface area contributed by atoms with Gasteiger partial charge in [0.25, 0.3) is 0 Å². The predicted octanol–water partition coefficient (Wildman–Crippen LogP) is 4.35. The second kappa shape index (κ2) is 8.02. The topological polar surface area (TPSA) is 53.3 Å². The van der Waals surface area contributed by atoms with Gasteiger partial charge in [-0.2, -0.15) is 0 Å². The number of aromatic hydroxyl groups is 1. The summed E-state index contributed by atoms with van der Waals surface area (Å²) in [7, 11) is 0. The summed E-state index contributed by atoms with van der Waals surface area (Å²) in [5, 5.41) is 13.9. The standard InChI is InChI=1S/C22H24N4OS/c1-2-3-14-26-21(20(24-22(26)28)18-7-4-5-13-23-18)19-8-6-15-25(19)16-9-11-17(27)12-10-16/h4-13,15,20-21,27H,2-3,14H2,1H3,(H,24,28)/t20-,21-/m0/s1. The molecule has 0 aliphatic carbocycles. The Bertz CT molecular complexity index is 939. The summed E-state index contributed by atoms with van der Waals surface area (Å²) >= 11 is 5.70. The van der Waals surface area contributed by atoms with Crippen molar-refractivity contribution in [1.29, 1.82) is 0 Å². The zero-order valence-corrected chi connectivity index (χ0v) is 16.6. The number of nitrogens with zero attached hydrogens (tertiary/aromatic N) is 3. The molecule has 2 N–H and O–H groups in total. The summed E-state index contributed by atoms with van der Waals surface area (Å²) < 4.78 is 2.16. The molecule has 28 heavy (non-hydrogen) atoms. The first-order chi connectivity index (χ1) is 13.7. The van der Waals surface area contributed by atoms with Crippen molar-refractivity contribution in [3.8, 4) is 11.4 Å². The van der Waals surface area contributed by atoms with E-state index in [1.54, 1.807) is 12.1 Å². The molecule has 1 aliphatic rings. The van der Waals surface area contributed by atoms with Gasteiger partial charge in [0.1, 0.15) is 5.75 Å². The molecular formula is C22H24N4OS. The van der Waals surface area contributed by atoms with Gasteiger partial charge < -0.3 is 19.9 Å². The van der Waals surface area contributed by atoms with E-state index in [1.165, 1.54) is 0 Å². The summed E-state index contributed by atoms with van der Waals surface area (Å²) in [5.41, 5.74) is 3.13. The fourth-order valence-electron chi connectivity index (χ4n) is 3.78. The highest BCUT2D eigenvalue weighted by Gasteiger charge is 2.40. The Hall–Kier alpha value is -2.86. The summed E-state index contributed by atoms with van der Waals surface area (Å²) in [4.78, 5) is 6.88. The highest BCUT2D eigenvalue weighted by molar-refractivity contribution is 7.80. The summed E-state index contributed by atoms with van der Waals surface area (Å²) in [6.07, 6.45) is 6.06. The highest BCUT2D eigenvalue weighted by atomic mass is 32.1. The van der Waals surface area contributed by atoms with Gasteiger partial charge in [-0.3, -0.25) is 4.98 Å². The van der Waals surface area contributed by atoms with Gasteiger partial charge in [0, 0.05) is 30.3 Å². The Labute approximate surface area is 170 Å². The number of nitrogens with one attached hydrogen (secondary N) is 1. The second-order valence-electron chi connectivity index (χ2n) is 6.99. The molecule has 1 aromatic carbocycles. The van der Waals surface area contributed by atoms with Crippen LogP contribution in [0.3, 0.4) is 0 Å². The SMILES string of the molecule is CCCCN1C(=S)N[C@@H](c2ccccn2)[C@@H]1c1cccn1-c1ccc(O)cc1. The second-order valence-corrected chi connectivity index (χ2v) is 7.38. The van der Waals surface area contributed by atoms with E-state index in [1.807, 2.05) is 36.5 Å². The molecule has 5 nitrogen and oxygen atoms in total. The first-order valence-corrected chi connectivity index (χ1v) is 10.0. The molecule has 1 fully saturated rings. The lowest BCUT2D eigenvalue weighted by molar-refractivity contribution is 0.304. The van der Waals surface area contributed by atoms with Crippen LogP contribution in [-0.2, 0) is 0 Å². The van der Waals surface area contributed by atoms with Gasteiger partial charge in [0.05, 0.1) is 17.8 Å². The van der Waals surface area contributed by atoms with Crippen molar-refractivity contribution in [2.24, 2.45) is 0 Å². The number of rotatable bonds is 6. The first-order valence-electron chi connectivity index (χ1n) is 9.63. The largest absolute Gasteiger partial charge is 0.508 e. The van der Waals surface area contributed by atoms with E-state index < -0.39 is 0 Å². The van der Waals surface area contributed by atoms with Crippen LogP contribution in [0.15, 0.2) is 67.0 Å². The van der Waals surface area contributed by atoms with E-state index in [0.717, 1.165) is 41.6 Å². The normalized spacial score (nSPS) is 19.0. The van der Waals surface area contributed by atoms with Crippen molar-refractivity contribution in [3.05, 3.63) is 78.4 Å². The quantitative estimate of drug-likeness (QED) is 0.611. The molecular weight excluding hydrogens is 368 g/mol. The van der Waals surface area contributed by atoms with Crippen molar-refractivity contribution in [3.63, 3.8) is 0 Å². The number of phenolic OH excluding ortho intramolecular Hbond substituents is 1. The molecule has 2 aromatic heterocycles. The molecule has 0 saturated carbocycles. The third-order valence-corrected chi connectivity index (χ3v) is 5.51. The molecule has 144 valence electrons. The fourth-order valence-corrected chi connectivity index (χ4v) is 4.11. The van der Waals surface area contributed by atoms with Crippen LogP contribution in [0.4, 0.5) is 0 Å². The minimum Gasteiger partial charge on any atom is -0.508 e. The Morgan fingerprint density at radius 1 is 1.11 bits per heavy atom. The molecule has 0 amide bonds. The monoisotopic (exact) mass is 392 g/mol. The number of thiocarbonyl (C=S) groups is 1. The van der Waals surface area contributed by atoms with E-state index in [-0.39, 0.29) is 17.8 Å². The number of aromatic nitrogens is 2. The number of hydrogen-bond donors (Lipinski definition) is 2. The number of benzene rings is 1. The average Bonchev–Trinajstić information content (AvgIpc) is 3.32. The lowest BCUT2D eigenvalue weighted by Gasteiger charge is -2.29. The Morgan fingerprint density at radius 2 is 1.93 bits per heavy atom. The molecule has 3 heterocycles. The summed E-state index contributed by atoms with van der Waals surface area (Å²) in [5.74, 6) is 0.261. The molecule has 0 bridgehead atoms. The van der Waals surface area contributed by atoms with Crippen LogP contribution in [0.5, 0.6) is 5.75 Å². The van der Waals surface area contributed by atoms with Gasteiger partial charge in [-0.1, -0.05) is 19.4 Å². The zero-order valence-electron chi connectivity index (χ0n) is 15.8. The van der Waals surface area contributed by atoms with E-state index in [0.29, 0.717) is 0 Å². The smallest absolute Gasteiger partial charge is 0.170 e. The molecule has 6 heteroatoms. The minimum atomic E-state index is -0.0173. The summed E-state index contributed by atoms with van der Waals surface area (Å²) in [6, 6.07) is 17.5. The molecule has 0 radical (unpaired) electrons. The molecule has 1 saturated heterocycles. The van der Waals surface area contributed by atoms with Crippen molar-refractivity contribution >= 4 is 17.3 Å². The van der Waals surface area contributed by atoms with Crippen LogP contribution in [-0.4, -0.2) is 31.2 Å². The molecule has 1 aliphatic heterocycles. The predicted molar refractivity (Wildman–Crippen MR) is 115 cm³/mol. The van der Waals surface area contributed by atoms with Crippen LogP contribution < -0.4 is 5.32 Å². The maximum absolute atomic E-state index is 9.65. The molecule has 2 atom stereocenters. The number of pyridine rings is 1. The van der Waals surface area contributed by atoms with Crippen LogP contribution in [0.1, 0.15) is 43.2 Å². The molecule has 0 spiro atoms. The highest BCUT2D eigenvalue weighted by Crippen LogP contribution is 2.39. The van der Waals surface area contributed by atoms with E-state index in [9.17, 15) is 5.11 Å². The Morgan fingerprint density at radius 3 is 2.64 bits per heavy atom. The molecule has 0 unspecified atom stereocenters. The van der Waals surface area contributed by atoms with Crippen LogP contribution in [0, 0.1) is 0 Å². The number of phenols is 1. The van der Waals surface area contributed by atoms with Crippen LogP contribution >= 0.6 is 12.2 Å². The average molecular weight is 393 g/mol. The van der Waals surface area contributed by atoms with Gasteiger partial charge in [0.15, 0.2) is 5.11 Å². The van der Waals surface area contributed by atoms with Crippen molar-refractivity contribution in [2.75, 3.05) is 6.54 Å². The third kappa shape index (κ3) is 3.47. The van der Waals surface area contributed by atoms with E-state index in [2.05, 4.69) is 45.0 Å². The Balaban J connectivity index is 1.78. The summed E-state index contributed by atoms with van der Waals surface area (Å²) in [6.45, 7) is 3.09. The van der Waals surface area contributed by atoms with Crippen molar-refractivity contribution in [1.82, 2.24) is 19.8 Å². The fraction of sp³-hybridized carbons (Fsp3) is 0.273. The minimum absolute atomic E-state index is 0.0173. The van der Waals surface area contributed by atoms with Crippen molar-refractivity contribution in [2.45, 2.75) is 31.8 Å². The maximum atomic E-state index is 9.65. The molecule has 4 rings (SSSR count). The van der Waals surface area contributed by atoms with Crippen molar-refractivity contribution < 1.29 is 5.11 Å². The maximum Gasteiger partial charge on any atom is 0.170 e. The van der Waals surface area contributed by atoms with E-state index in [4.69, 9.17) is 12.2 Å². The van der Waals surface area contributed by atoms with Gasteiger partial charge in [-0.25, -0.2) is 0 Å². The van der Waals surface area contributed by atoms with Crippen LogP contribution in [0.2, 0.25) is 0 Å². The first kappa shape index (κ1) is 18.5. The lowest BCUT2D eigenvalue weighted by Crippen LogP contribution is -2.31. The Kier molecular flexibility index (Phi) is 5.30. The van der Waals surface area contributed by atoms with Gasteiger partial charge in [-0.05, 0) is 67.2 Å². The number of hydrogen-bond acceptors (Lipinski definition) is 3. The van der Waals surface area contributed by atoms with E-state index >= 15 is 0 Å². The zero-order chi connectivity index (χ0) is 19.5. The molecule has 3 aromatic rings.